The standard InChI is InChI=1S/C29H42O9/c1-16(2)22-6-5-18(12-30)9-19(22)10-20(13-31)27(34)38-15-29(36)8-7-23(17(3)4)24-11-21(26(32)33)14-37-28(35)25(24)29/h9-11,16-17,19,22-25,30-31,36H,5-8,12-15H2,1-4H3,(H,32,33)/b20-10+/t19-,22+,23+,24+,25+,29+/m0/s1. The van der Waals surface area contributed by atoms with Gasteiger partial charge < -0.3 is 29.9 Å². The molecule has 38 heavy (non-hydrogen) atoms. The Bertz CT molecular complexity index is 992. The SMILES string of the molecule is CC(C)[C@H]1CC[C@@](O)(COC(=O)/C(=C/[C@@H]2C=C(CO)CC[C@@H]2C(C)C)CO)[C@H]2C(=O)OCC(C(=O)O)=C[C@H]12. The number of hydrogen-bond acceptors (Lipinski definition) is 8. The number of fused-ring (bicyclic) bond motifs is 1. The second-order valence-corrected chi connectivity index (χ2v) is 11.6. The smallest absolute Gasteiger partial charge is 0.336 e. The van der Waals surface area contributed by atoms with Crippen LogP contribution >= 0.6 is 0 Å². The van der Waals surface area contributed by atoms with E-state index in [0.717, 1.165) is 18.4 Å². The van der Waals surface area contributed by atoms with Crippen LogP contribution in [0.1, 0.15) is 53.4 Å². The average Bonchev–Trinajstić information content (AvgIpc) is 3.05. The molecule has 9 heteroatoms. The van der Waals surface area contributed by atoms with Crippen LogP contribution in [-0.2, 0) is 23.9 Å². The molecule has 3 rings (SSSR count). The lowest BCUT2D eigenvalue weighted by Gasteiger charge is -2.46. The molecule has 3 aliphatic rings. The Morgan fingerprint density at radius 3 is 2.39 bits per heavy atom. The molecule has 0 amide bonds. The summed E-state index contributed by atoms with van der Waals surface area (Å²) in [6.07, 6.45) is 7.46. The number of hydrogen-bond donors (Lipinski definition) is 4. The lowest BCUT2D eigenvalue weighted by atomic mass is 9.61. The van der Waals surface area contributed by atoms with Gasteiger partial charge in [-0.25, -0.2) is 9.59 Å². The summed E-state index contributed by atoms with van der Waals surface area (Å²) >= 11 is 0. The van der Waals surface area contributed by atoms with Gasteiger partial charge in [-0.3, -0.25) is 4.79 Å². The Morgan fingerprint density at radius 2 is 1.82 bits per heavy atom. The predicted octanol–water partition coefficient (Wildman–Crippen LogP) is 2.65. The number of aliphatic hydroxyl groups excluding tert-OH is 2. The van der Waals surface area contributed by atoms with Crippen LogP contribution in [0.2, 0.25) is 0 Å². The maximum Gasteiger partial charge on any atom is 0.336 e. The van der Waals surface area contributed by atoms with Crippen molar-refractivity contribution in [3.63, 3.8) is 0 Å². The number of carboxylic acid groups (broad SMARTS) is 1. The molecule has 1 heterocycles. The maximum atomic E-state index is 13.0. The molecule has 1 fully saturated rings. The summed E-state index contributed by atoms with van der Waals surface area (Å²) in [6.45, 7) is 6.66. The van der Waals surface area contributed by atoms with Gasteiger partial charge in [0.05, 0.1) is 30.3 Å². The van der Waals surface area contributed by atoms with E-state index in [-0.39, 0.29) is 54.5 Å². The largest absolute Gasteiger partial charge is 0.478 e. The van der Waals surface area contributed by atoms with Crippen LogP contribution < -0.4 is 0 Å². The van der Waals surface area contributed by atoms with E-state index >= 15 is 0 Å². The maximum absolute atomic E-state index is 13.0. The van der Waals surface area contributed by atoms with Crippen molar-refractivity contribution in [2.45, 2.75) is 59.0 Å². The van der Waals surface area contributed by atoms with Crippen molar-refractivity contribution in [1.29, 1.82) is 0 Å². The van der Waals surface area contributed by atoms with Crippen LogP contribution in [0.25, 0.3) is 0 Å². The zero-order valence-corrected chi connectivity index (χ0v) is 22.8. The molecular formula is C29H42O9. The summed E-state index contributed by atoms with van der Waals surface area (Å²) in [5.41, 5.74) is -0.852. The van der Waals surface area contributed by atoms with Crippen LogP contribution in [0.15, 0.2) is 34.9 Å². The van der Waals surface area contributed by atoms with E-state index in [4.69, 9.17) is 9.47 Å². The third-order valence-corrected chi connectivity index (χ3v) is 8.58. The fourth-order valence-corrected chi connectivity index (χ4v) is 6.36. The third kappa shape index (κ3) is 6.55. The summed E-state index contributed by atoms with van der Waals surface area (Å²) in [7, 11) is 0. The van der Waals surface area contributed by atoms with E-state index in [1.807, 2.05) is 19.9 Å². The molecule has 0 radical (unpaired) electrons. The highest BCUT2D eigenvalue weighted by Gasteiger charge is 2.54. The topological polar surface area (TPSA) is 151 Å². The molecule has 0 aromatic carbocycles. The molecule has 0 unspecified atom stereocenters. The van der Waals surface area contributed by atoms with E-state index in [0.29, 0.717) is 12.3 Å². The lowest BCUT2D eigenvalue weighted by molar-refractivity contribution is -0.181. The Morgan fingerprint density at radius 1 is 1.13 bits per heavy atom. The molecule has 1 saturated carbocycles. The molecule has 1 aliphatic heterocycles. The molecule has 0 aromatic heterocycles. The summed E-state index contributed by atoms with van der Waals surface area (Å²) in [5.74, 6) is -3.91. The van der Waals surface area contributed by atoms with Gasteiger partial charge in [-0.2, -0.15) is 0 Å². The Labute approximate surface area is 224 Å². The van der Waals surface area contributed by atoms with Crippen LogP contribution in [-0.4, -0.2) is 70.4 Å². The Hall–Kier alpha value is -2.49. The molecule has 0 spiro atoms. The number of ether oxygens (including phenoxy) is 2. The van der Waals surface area contributed by atoms with Gasteiger partial charge >= 0.3 is 17.9 Å². The molecule has 9 nitrogen and oxygen atoms in total. The van der Waals surface area contributed by atoms with E-state index in [1.54, 1.807) is 6.08 Å². The van der Waals surface area contributed by atoms with Crippen molar-refractivity contribution >= 4 is 17.9 Å². The van der Waals surface area contributed by atoms with Crippen molar-refractivity contribution in [1.82, 2.24) is 0 Å². The molecule has 0 bridgehead atoms. The molecular weight excluding hydrogens is 492 g/mol. The Balaban J connectivity index is 1.84. The summed E-state index contributed by atoms with van der Waals surface area (Å²) in [5, 5.41) is 40.7. The minimum absolute atomic E-state index is 0.0364. The van der Waals surface area contributed by atoms with Crippen LogP contribution in [0.5, 0.6) is 0 Å². The quantitative estimate of drug-likeness (QED) is 0.199. The zero-order chi connectivity index (χ0) is 28.2. The van der Waals surface area contributed by atoms with Gasteiger partial charge in [-0.1, -0.05) is 45.9 Å². The van der Waals surface area contributed by atoms with E-state index < -0.39 is 48.6 Å². The van der Waals surface area contributed by atoms with Crippen LogP contribution in [0.4, 0.5) is 0 Å². The highest BCUT2D eigenvalue weighted by molar-refractivity contribution is 5.89. The number of carbonyl (C=O) groups excluding carboxylic acids is 2. The number of aliphatic hydroxyl groups is 3. The molecule has 4 N–H and O–H groups in total. The third-order valence-electron chi connectivity index (χ3n) is 8.58. The highest BCUT2D eigenvalue weighted by atomic mass is 16.6. The number of esters is 2. The Kier molecular flexibility index (Phi) is 9.95. The fraction of sp³-hybridized carbons (Fsp3) is 0.690. The molecule has 0 saturated heterocycles. The first-order valence-electron chi connectivity index (χ1n) is 13.5. The van der Waals surface area contributed by atoms with Crippen molar-refractivity contribution in [3.8, 4) is 0 Å². The minimum Gasteiger partial charge on any atom is -0.478 e. The summed E-state index contributed by atoms with van der Waals surface area (Å²) < 4.78 is 10.7. The molecule has 2 aliphatic carbocycles. The summed E-state index contributed by atoms with van der Waals surface area (Å²) in [4.78, 5) is 37.8. The average molecular weight is 535 g/mol. The van der Waals surface area contributed by atoms with Gasteiger partial charge in [0.1, 0.15) is 18.8 Å². The fourth-order valence-electron chi connectivity index (χ4n) is 6.36. The number of carbonyl (C=O) groups is 3. The number of carboxylic acids is 1. The van der Waals surface area contributed by atoms with E-state index in [9.17, 15) is 34.8 Å². The van der Waals surface area contributed by atoms with Crippen molar-refractivity contribution in [2.75, 3.05) is 26.4 Å². The summed E-state index contributed by atoms with van der Waals surface area (Å²) in [6, 6.07) is 0. The van der Waals surface area contributed by atoms with E-state index in [1.165, 1.54) is 6.08 Å². The van der Waals surface area contributed by atoms with Crippen LogP contribution in [0, 0.1) is 41.4 Å². The van der Waals surface area contributed by atoms with Gasteiger partial charge in [-0.05, 0) is 66.8 Å². The van der Waals surface area contributed by atoms with Gasteiger partial charge in [-0.15, -0.1) is 0 Å². The highest BCUT2D eigenvalue weighted by Crippen LogP contribution is 2.47. The first-order valence-corrected chi connectivity index (χ1v) is 13.5. The van der Waals surface area contributed by atoms with Crippen molar-refractivity contribution in [2.24, 2.45) is 41.4 Å². The van der Waals surface area contributed by atoms with Gasteiger partial charge in [0.25, 0.3) is 0 Å². The van der Waals surface area contributed by atoms with E-state index in [2.05, 4.69) is 13.8 Å². The number of rotatable bonds is 9. The number of cyclic esters (lactones) is 1. The normalized spacial score (nSPS) is 32.2. The number of aliphatic carboxylic acids is 1. The number of allylic oxidation sites excluding steroid dienone is 3. The minimum atomic E-state index is -1.75. The van der Waals surface area contributed by atoms with Crippen LogP contribution in [0.3, 0.4) is 0 Å². The second-order valence-electron chi connectivity index (χ2n) is 11.6. The van der Waals surface area contributed by atoms with Crippen molar-refractivity contribution < 1.29 is 44.3 Å². The zero-order valence-electron chi connectivity index (χ0n) is 22.8. The molecule has 6 atom stereocenters. The second kappa shape index (κ2) is 12.6. The van der Waals surface area contributed by atoms with Gasteiger partial charge in [0.15, 0.2) is 0 Å². The molecule has 212 valence electrons. The van der Waals surface area contributed by atoms with Crippen molar-refractivity contribution in [3.05, 3.63) is 34.9 Å². The lowest BCUT2D eigenvalue weighted by Crippen LogP contribution is -2.55. The predicted molar refractivity (Wildman–Crippen MR) is 139 cm³/mol. The van der Waals surface area contributed by atoms with Gasteiger partial charge in [0, 0.05) is 0 Å². The first-order chi connectivity index (χ1) is 17.9. The van der Waals surface area contributed by atoms with Gasteiger partial charge in [0.2, 0.25) is 0 Å². The monoisotopic (exact) mass is 534 g/mol. The first kappa shape index (κ1) is 30.1. The molecule has 0 aromatic rings.